The predicted molar refractivity (Wildman–Crippen MR) is 189 cm³/mol. The zero-order valence-electron chi connectivity index (χ0n) is 27.6. The van der Waals surface area contributed by atoms with E-state index in [9.17, 15) is 13.2 Å². The van der Waals surface area contributed by atoms with Gasteiger partial charge in [0.2, 0.25) is 10.0 Å². The average Bonchev–Trinajstić information content (AvgIpc) is 3.80. The Morgan fingerprint density at radius 1 is 1.04 bits per heavy atom. The Labute approximate surface area is 287 Å². The van der Waals surface area contributed by atoms with E-state index in [0.717, 1.165) is 71.2 Å². The number of hydrogen-bond acceptors (Lipinski definition) is 7. The minimum absolute atomic E-state index is 0.0138. The van der Waals surface area contributed by atoms with Crippen LogP contribution in [-0.2, 0) is 41.5 Å². The highest BCUT2D eigenvalue weighted by Crippen LogP contribution is 2.36. The van der Waals surface area contributed by atoms with Crippen molar-refractivity contribution in [2.24, 2.45) is 0 Å². The van der Waals surface area contributed by atoms with Gasteiger partial charge < -0.3 is 10.2 Å². The third-order valence-electron chi connectivity index (χ3n) is 8.98. The first-order valence-electron chi connectivity index (χ1n) is 16.3. The molecule has 0 bridgehead atoms. The maximum absolute atomic E-state index is 13.2. The number of thiazole rings is 1. The molecule has 1 N–H and O–H groups in total. The predicted octanol–water partition coefficient (Wildman–Crippen LogP) is 6.36. The Morgan fingerprint density at radius 2 is 1.83 bits per heavy atom. The molecule has 250 valence electrons. The minimum atomic E-state index is -3.36. The first kappa shape index (κ1) is 33.8. The number of nitrogens with zero attached hydrogens (tertiary/aromatic N) is 5. The molecular weight excluding hydrogens is 652 g/mol. The summed E-state index contributed by atoms with van der Waals surface area (Å²) in [4.78, 5) is 21.4. The molecule has 0 atom stereocenters. The number of aromatic nitrogens is 3. The maximum Gasteiger partial charge on any atom is 0.251 e. The van der Waals surface area contributed by atoms with Gasteiger partial charge in [0, 0.05) is 70.1 Å². The topological polar surface area (TPSA) is 100 Å². The van der Waals surface area contributed by atoms with Crippen LogP contribution in [0.4, 0.5) is 0 Å². The van der Waals surface area contributed by atoms with Crippen molar-refractivity contribution in [3.05, 3.63) is 80.4 Å². The van der Waals surface area contributed by atoms with Crippen molar-refractivity contribution in [1.29, 1.82) is 0 Å². The van der Waals surface area contributed by atoms with Crippen molar-refractivity contribution in [3.63, 3.8) is 0 Å². The van der Waals surface area contributed by atoms with Gasteiger partial charge in [-0.25, -0.2) is 13.4 Å². The zero-order valence-corrected chi connectivity index (χ0v) is 29.9. The van der Waals surface area contributed by atoms with Crippen LogP contribution in [0.2, 0.25) is 5.02 Å². The third-order valence-corrected chi connectivity index (χ3v) is 12.0. The fourth-order valence-electron chi connectivity index (χ4n) is 6.33. The van der Waals surface area contributed by atoms with Gasteiger partial charge in [0.05, 0.1) is 18.5 Å². The minimum Gasteiger partial charge on any atom is -0.346 e. The third kappa shape index (κ3) is 7.81. The summed E-state index contributed by atoms with van der Waals surface area (Å²) in [6.07, 6.45) is 7.29. The number of likely N-dealkylation sites (tertiary alicyclic amines) is 1. The molecule has 4 aromatic rings. The number of carbonyl (C=O) groups is 1. The lowest BCUT2D eigenvalue weighted by Crippen LogP contribution is -2.35. The molecule has 47 heavy (non-hydrogen) atoms. The van der Waals surface area contributed by atoms with E-state index in [-0.39, 0.29) is 11.3 Å². The number of benzene rings is 2. The second-order valence-corrected chi connectivity index (χ2v) is 17.1. The number of sulfonamides is 1. The number of halogens is 1. The molecule has 1 fully saturated rings. The Kier molecular flexibility index (Phi) is 9.92. The van der Waals surface area contributed by atoms with E-state index in [1.807, 2.05) is 42.6 Å². The SMILES string of the molecule is CC(C)(C)c1cnc(CNC(=O)c2cccc(-c3cc(-c4nn(CCCN5CCCC5)c5c4CN(S(C)(=O)=O)CC5)ccc3Cl)c2)s1. The van der Waals surface area contributed by atoms with Crippen molar-refractivity contribution < 1.29 is 13.2 Å². The molecule has 4 heterocycles. The standard InChI is InChI=1S/C35H43ClN6O3S2/c1-35(2,3)31-21-37-32(46-31)22-38-34(43)26-10-7-9-24(19-26)27-20-25(11-12-29(27)36)33-28-23-41(47(4,44)45)18-13-30(28)42(39-33)17-8-16-40-14-5-6-15-40/h7,9-12,19-21H,5-6,8,13-18,22-23H2,1-4H3,(H,38,43). The summed E-state index contributed by atoms with van der Waals surface area (Å²) < 4.78 is 28.7. The molecule has 0 aliphatic carbocycles. The molecule has 2 aromatic heterocycles. The van der Waals surface area contributed by atoms with Crippen LogP contribution in [0.15, 0.2) is 48.7 Å². The highest BCUT2D eigenvalue weighted by atomic mass is 35.5. The molecule has 0 spiro atoms. The summed E-state index contributed by atoms with van der Waals surface area (Å²) >= 11 is 8.38. The van der Waals surface area contributed by atoms with Crippen molar-refractivity contribution in [2.75, 3.05) is 32.4 Å². The zero-order chi connectivity index (χ0) is 33.3. The van der Waals surface area contributed by atoms with Crippen molar-refractivity contribution in [3.8, 4) is 22.4 Å². The Hall–Kier alpha value is -3.09. The lowest BCUT2D eigenvalue weighted by atomic mass is 9.96. The summed E-state index contributed by atoms with van der Waals surface area (Å²) in [5, 5.41) is 9.51. The van der Waals surface area contributed by atoms with Gasteiger partial charge >= 0.3 is 0 Å². The maximum atomic E-state index is 13.2. The van der Waals surface area contributed by atoms with E-state index < -0.39 is 10.0 Å². The van der Waals surface area contributed by atoms with Gasteiger partial charge in [0.15, 0.2) is 0 Å². The van der Waals surface area contributed by atoms with E-state index in [1.165, 1.54) is 28.3 Å². The largest absolute Gasteiger partial charge is 0.346 e. The van der Waals surface area contributed by atoms with Gasteiger partial charge in [0.1, 0.15) is 5.01 Å². The number of amides is 1. The lowest BCUT2D eigenvalue weighted by molar-refractivity contribution is 0.0951. The molecule has 0 unspecified atom stereocenters. The Bertz CT molecular complexity index is 1870. The van der Waals surface area contributed by atoms with Crippen molar-refractivity contribution in [1.82, 2.24) is 29.3 Å². The van der Waals surface area contributed by atoms with Gasteiger partial charge in [-0.1, -0.05) is 50.6 Å². The van der Waals surface area contributed by atoms with Crippen molar-refractivity contribution in [2.45, 2.75) is 71.5 Å². The van der Waals surface area contributed by atoms with Crippen LogP contribution in [0, 0.1) is 0 Å². The smallest absolute Gasteiger partial charge is 0.251 e. The first-order valence-corrected chi connectivity index (χ1v) is 19.3. The van der Waals surface area contributed by atoms with Gasteiger partial charge in [-0.3, -0.25) is 9.48 Å². The highest BCUT2D eigenvalue weighted by Gasteiger charge is 2.30. The average molecular weight is 695 g/mol. The summed E-state index contributed by atoms with van der Waals surface area (Å²) in [6.45, 7) is 11.7. The van der Waals surface area contributed by atoms with E-state index in [1.54, 1.807) is 17.4 Å². The molecule has 6 rings (SSSR count). The van der Waals surface area contributed by atoms with Crippen molar-refractivity contribution >= 4 is 38.9 Å². The molecule has 12 heteroatoms. The molecule has 2 aliphatic rings. The van der Waals surface area contributed by atoms with Crippen LogP contribution in [0.25, 0.3) is 22.4 Å². The Morgan fingerprint density at radius 3 is 2.55 bits per heavy atom. The summed E-state index contributed by atoms with van der Waals surface area (Å²) in [5.41, 5.74) is 5.82. The fraction of sp³-hybridized carbons (Fsp3) is 0.457. The number of hydrogen-bond donors (Lipinski definition) is 1. The monoisotopic (exact) mass is 694 g/mol. The van der Waals surface area contributed by atoms with Crippen LogP contribution in [0.3, 0.4) is 0 Å². The van der Waals surface area contributed by atoms with Gasteiger partial charge in [-0.15, -0.1) is 11.3 Å². The van der Waals surface area contributed by atoms with E-state index in [0.29, 0.717) is 36.6 Å². The summed E-state index contributed by atoms with van der Waals surface area (Å²) in [7, 11) is -3.36. The van der Waals surface area contributed by atoms with Crippen LogP contribution >= 0.6 is 22.9 Å². The summed E-state index contributed by atoms with van der Waals surface area (Å²) in [5.74, 6) is -0.186. The number of rotatable bonds is 10. The second kappa shape index (κ2) is 13.8. The fourth-order valence-corrected chi connectivity index (χ4v) is 8.26. The van der Waals surface area contributed by atoms with Crippen LogP contribution in [-0.4, -0.2) is 70.7 Å². The molecule has 1 saturated heterocycles. The quantitative estimate of drug-likeness (QED) is 0.208. The normalized spacial score (nSPS) is 16.0. The number of nitrogens with one attached hydrogen (secondary N) is 1. The van der Waals surface area contributed by atoms with E-state index >= 15 is 0 Å². The molecule has 0 radical (unpaired) electrons. The molecule has 0 saturated carbocycles. The van der Waals surface area contributed by atoms with Gasteiger partial charge in [-0.2, -0.15) is 9.40 Å². The highest BCUT2D eigenvalue weighted by molar-refractivity contribution is 7.88. The second-order valence-electron chi connectivity index (χ2n) is 13.6. The van der Waals surface area contributed by atoms with Gasteiger partial charge in [-0.05, 0) is 74.1 Å². The summed E-state index contributed by atoms with van der Waals surface area (Å²) in [6, 6.07) is 13.2. The number of fused-ring (bicyclic) bond motifs is 1. The lowest BCUT2D eigenvalue weighted by Gasteiger charge is -2.26. The molecule has 9 nitrogen and oxygen atoms in total. The number of carbonyl (C=O) groups excluding carboxylic acids is 1. The van der Waals surface area contributed by atoms with E-state index in [4.69, 9.17) is 16.7 Å². The van der Waals surface area contributed by atoms with Crippen LogP contribution in [0.5, 0.6) is 0 Å². The molecule has 2 aliphatic heterocycles. The Balaban J connectivity index is 1.26. The van der Waals surface area contributed by atoms with Crippen LogP contribution in [0.1, 0.15) is 71.5 Å². The molecule has 2 aromatic carbocycles. The van der Waals surface area contributed by atoms with E-state index in [2.05, 4.69) is 40.7 Å². The first-order chi connectivity index (χ1) is 22.4. The molecular formula is C35H43ClN6O3S2. The van der Waals surface area contributed by atoms with Crippen LogP contribution < -0.4 is 5.32 Å². The van der Waals surface area contributed by atoms with Gasteiger partial charge in [0.25, 0.3) is 5.91 Å². The number of aryl methyl sites for hydroxylation is 1. The molecule has 1 amide bonds.